The second-order valence-electron chi connectivity index (χ2n) is 11.8. The van der Waals surface area contributed by atoms with Crippen LogP contribution in [0, 0.1) is 0 Å². The van der Waals surface area contributed by atoms with E-state index in [0.717, 1.165) is 26.2 Å². The number of nitrogens with one attached hydrogen (secondary N) is 1. The monoisotopic (exact) mass is 596 g/mol. The Morgan fingerprint density at radius 3 is 2.47 bits per heavy atom. The Morgan fingerprint density at radius 1 is 1.09 bits per heavy atom. The fraction of sp³-hybridized carbons (Fsp3) is 0.516. The Labute approximate surface area is 248 Å². The number of nitrogens with zero attached hydrogens (tertiary/aromatic N) is 1. The zero-order chi connectivity index (χ0) is 30.8. The number of hydrogen-bond donors (Lipinski definition) is 5. The summed E-state index contributed by atoms with van der Waals surface area (Å²) in [5.41, 5.74) is -2.88. The van der Waals surface area contributed by atoms with Gasteiger partial charge in [0.25, 0.3) is 0 Å². The van der Waals surface area contributed by atoms with Crippen LogP contribution < -0.4 is 10.1 Å². The molecule has 6 atom stereocenters. The van der Waals surface area contributed by atoms with Crippen molar-refractivity contribution in [2.24, 2.45) is 0 Å². The lowest BCUT2D eigenvalue weighted by atomic mass is 9.72. The third kappa shape index (κ3) is 4.73. The highest BCUT2D eigenvalue weighted by Gasteiger charge is 2.50. The van der Waals surface area contributed by atoms with Gasteiger partial charge >= 0.3 is 0 Å². The van der Waals surface area contributed by atoms with Crippen molar-refractivity contribution < 1.29 is 49.0 Å². The summed E-state index contributed by atoms with van der Waals surface area (Å²) in [6, 6.07) is 4.20. The minimum atomic E-state index is -1.99. The number of benzene rings is 2. The van der Waals surface area contributed by atoms with E-state index in [2.05, 4.69) is 10.2 Å². The molecule has 2 heterocycles. The normalized spacial score (nSPS) is 30.8. The molecule has 0 radical (unpaired) electrons. The van der Waals surface area contributed by atoms with Crippen LogP contribution in [0.1, 0.15) is 75.8 Å². The van der Waals surface area contributed by atoms with E-state index in [4.69, 9.17) is 14.2 Å². The van der Waals surface area contributed by atoms with Crippen molar-refractivity contribution in [2.45, 2.75) is 69.4 Å². The van der Waals surface area contributed by atoms with E-state index in [1.807, 2.05) is 0 Å². The molecular formula is C31H36N2O10. The van der Waals surface area contributed by atoms with Crippen LogP contribution >= 0.6 is 0 Å². The average molecular weight is 597 g/mol. The highest BCUT2D eigenvalue weighted by Crippen LogP contribution is 2.52. The first-order chi connectivity index (χ1) is 20.5. The maximum atomic E-state index is 13.8. The van der Waals surface area contributed by atoms with Gasteiger partial charge in [-0.15, -0.1) is 0 Å². The number of phenols is 2. The van der Waals surface area contributed by atoms with Gasteiger partial charge in [-0.1, -0.05) is 12.1 Å². The molecule has 2 aliphatic heterocycles. The van der Waals surface area contributed by atoms with Crippen molar-refractivity contribution in [3.63, 3.8) is 0 Å². The summed E-state index contributed by atoms with van der Waals surface area (Å²) in [4.78, 5) is 42.3. The summed E-state index contributed by atoms with van der Waals surface area (Å²) in [7, 11) is 1.36. The molecule has 0 amide bonds. The predicted octanol–water partition coefficient (Wildman–Crippen LogP) is 0.975. The van der Waals surface area contributed by atoms with Crippen LogP contribution in [0.25, 0.3) is 0 Å². The smallest absolute Gasteiger partial charge is 0.202 e. The number of ketones is 3. The summed E-state index contributed by atoms with van der Waals surface area (Å²) in [6.07, 6.45) is -3.95. The van der Waals surface area contributed by atoms with Gasteiger partial charge in [-0.2, -0.15) is 0 Å². The average Bonchev–Trinajstić information content (AvgIpc) is 2.99. The molecule has 2 fully saturated rings. The zero-order valence-electron chi connectivity index (χ0n) is 24.3. The molecule has 12 heteroatoms. The molecule has 6 rings (SSSR count). The number of piperazine rings is 1. The Bertz CT molecular complexity index is 1500. The van der Waals surface area contributed by atoms with Gasteiger partial charge in [-0.05, 0) is 19.9 Å². The van der Waals surface area contributed by atoms with Crippen molar-refractivity contribution in [1.82, 2.24) is 10.2 Å². The van der Waals surface area contributed by atoms with Gasteiger partial charge in [-0.25, -0.2) is 0 Å². The zero-order valence-corrected chi connectivity index (χ0v) is 24.3. The summed E-state index contributed by atoms with van der Waals surface area (Å²) in [5, 5.41) is 48.8. The lowest BCUT2D eigenvalue weighted by Gasteiger charge is -2.46. The van der Waals surface area contributed by atoms with Gasteiger partial charge in [0, 0.05) is 68.2 Å². The number of hydrogen-bond acceptors (Lipinski definition) is 12. The van der Waals surface area contributed by atoms with Crippen LogP contribution in [0.3, 0.4) is 0 Å². The summed E-state index contributed by atoms with van der Waals surface area (Å²) in [5.74, 6) is -3.05. The van der Waals surface area contributed by atoms with Crippen LogP contribution in [0.2, 0.25) is 0 Å². The fourth-order valence-corrected chi connectivity index (χ4v) is 6.98. The van der Waals surface area contributed by atoms with Gasteiger partial charge < -0.3 is 40.0 Å². The van der Waals surface area contributed by atoms with Gasteiger partial charge in [0.2, 0.25) is 5.78 Å². The Morgan fingerprint density at radius 2 is 1.79 bits per heavy atom. The number of fused-ring (bicyclic) bond motifs is 3. The SMILES string of the molecule is COc1cccc2c1C(=O)c1c(O)c3c(c(O)c1C2=O)C[C@@](O)(C(C)=O)C[C@@H]3O[C@H]1CC(N2CCNCC2)[C@H](O)[C@H](C)O1. The van der Waals surface area contributed by atoms with E-state index in [9.17, 15) is 34.8 Å². The lowest BCUT2D eigenvalue weighted by Crippen LogP contribution is -2.59. The van der Waals surface area contributed by atoms with E-state index in [1.165, 1.54) is 32.2 Å². The van der Waals surface area contributed by atoms with Gasteiger partial charge in [0.05, 0.1) is 42.1 Å². The molecule has 2 aliphatic carbocycles. The maximum absolute atomic E-state index is 13.8. The molecule has 43 heavy (non-hydrogen) atoms. The summed E-state index contributed by atoms with van der Waals surface area (Å²) < 4.78 is 17.7. The molecule has 2 aromatic rings. The van der Waals surface area contributed by atoms with Crippen molar-refractivity contribution in [1.29, 1.82) is 0 Å². The summed E-state index contributed by atoms with van der Waals surface area (Å²) >= 11 is 0. The number of phenolic OH excluding ortho intramolecular Hbond substituents is 2. The number of Topliss-reactive ketones (excluding diaryl/α,β-unsaturated/α-hetero) is 1. The fourth-order valence-electron chi connectivity index (χ4n) is 6.98. The van der Waals surface area contributed by atoms with Crippen molar-refractivity contribution in [3.05, 3.63) is 51.6 Å². The molecule has 0 aromatic heterocycles. The number of aliphatic hydroxyl groups is 2. The van der Waals surface area contributed by atoms with Crippen LogP contribution in [-0.2, 0) is 20.7 Å². The van der Waals surface area contributed by atoms with Crippen LogP contribution in [-0.4, -0.2) is 106 Å². The van der Waals surface area contributed by atoms with E-state index in [-0.39, 0.29) is 46.9 Å². The molecule has 12 nitrogen and oxygen atoms in total. The molecule has 1 unspecified atom stereocenters. The molecule has 230 valence electrons. The third-order valence-corrected chi connectivity index (χ3v) is 9.34. The molecule has 0 saturated carbocycles. The second-order valence-corrected chi connectivity index (χ2v) is 11.8. The van der Waals surface area contributed by atoms with E-state index >= 15 is 0 Å². The number of aromatic hydroxyl groups is 2. The quantitative estimate of drug-likeness (QED) is 0.265. The first-order valence-corrected chi connectivity index (χ1v) is 14.5. The van der Waals surface area contributed by atoms with Crippen molar-refractivity contribution in [2.75, 3.05) is 33.3 Å². The number of aliphatic hydroxyl groups excluding tert-OH is 1. The molecule has 0 bridgehead atoms. The number of ether oxygens (including phenoxy) is 3. The molecule has 4 aliphatic rings. The number of methoxy groups -OCH3 is 1. The number of carbonyl (C=O) groups is 3. The highest BCUT2D eigenvalue weighted by atomic mass is 16.7. The molecule has 2 aromatic carbocycles. The number of carbonyl (C=O) groups excluding carboxylic acids is 3. The molecule has 0 spiro atoms. The van der Waals surface area contributed by atoms with Crippen molar-refractivity contribution in [3.8, 4) is 17.2 Å². The third-order valence-electron chi connectivity index (χ3n) is 9.34. The standard InChI is InChI=1S/C31H36N2O10/c1-14-26(35)18(33-9-7-32-8-10-33)11-21(42-14)43-20-13-31(40,15(2)34)12-17-23(20)30(39)25-24(28(17)37)27(36)16-5-4-6-19(41-3)22(16)29(25)38/h4-6,14,18,20-21,26,32,35,37,39-40H,7-13H2,1-3H3/t14-,18?,20-,21-,26+,31-/m0/s1. The summed E-state index contributed by atoms with van der Waals surface area (Å²) in [6.45, 7) is 5.92. The first kappa shape index (κ1) is 29.7. The van der Waals surface area contributed by atoms with Gasteiger partial charge in [0.1, 0.15) is 22.8 Å². The van der Waals surface area contributed by atoms with E-state index in [1.54, 1.807) is 6.92 Å². The lowest BCUT2D eigenvalue weighted by molar-refractivity contribution is -0.258. The largest absolute Gasteiger partial charge is 0.507 e. The van der Waals surface area contributed by atoms with E-state index < -0.39 is 76.6 Å². The minimum Gasteiger partial charge on any atom is -0.507 e. The highest BCUT2D eigenvalue weighted by molar-refractivity contribution is 6.31. The van der Waals surface area contributed by atoms with E-state index in [0.29, 0.717) is 0 Å². The van der Waals surface area contributed by atoms with Crippen LogP contribution in [0.4, 0.5) is 0 Å². The molecular weight excluding hydrogens is 560 g/mol. The Kier molecular flexibility index (Phi) is 7.56. The predicted molar refractivity (Wildman–Crippen MR) is 151 cm³/mol. The number of rotatable bonds is 5. The minimum absolute atomic E-state index is 0.000885. The Hall–Kier alpha value is -3.39. The van der Waals surface area contributed by atoms with Gasteiger partial charge in [-0.3, -0.25) is 19.3 Å². The maximum Gasteiger partial charge on any atom is 0.202 e. The van der Waals surface area contributed by atoms with Gasteiger partial charge in [0.15, 0.2) is 17.9 Å². The van der Waals surface area contributed by atoms with Crippen LogP contribution in [0.5, 0.6) is 17.2 Å². The topological polar surface area (TPSA) is 175 Å². The first-order valence-electron chi connectivity index (χ1n) is 14.5. The molecule has 5 N–H and O–H groups in total. The Balaban J connectivity index is 1.44. The van der Waals surface area contributed by atoms with Crippen molar-refractivity contribution >= 4 is 17.3 Å². The second kappa shape index (κ2) is 11.0. The molecule has 2 saturated heterocycles. The van der Waals surface area contributed by atoms with Crippen LogP contribution in [0.15, 0.2) is 18.2 Å².